The fraction of sp³-hybridized carbons (Fsp3) is 0.105. The Morgan fingerprint density at radius 3 is 2.75 bits per heavy atom. The van der Waals surface area contributed by atoms with Crippen LogP contribution in [-0.4, -0.2) is 10.8 Å². The number of amides is 1. The fourth-order valence-corrected chi connectivity index (χ4v) is 2.55. The van der Waals surface area contributed by atoms with Gasteiger partial charge in [-0.2, -0.15) is 0 Å². The predicted molar refractivity (Wildman–Crippen MR) is 98.7 cm³/mol. The third-order valence-electron chi connectivity index (χ3n) is 3.77. The topological polar surface area (TPSA) is 94.6 Å². The summed E-state index contributed by atoms with van der Waals surface area (Å²) in [4.78, 5) is 22.6. The van der Waals surface area contributed by atoms with E-state index in [1.165, 1.54) is 36.4 Å². The van der Waals surface area contributed by atoms with E-state index < -0.39 is 16.6 Å². The van der Waals surface area contributed by atoms with Gasteiger partial charge in [0.1, 0.15) is 18.2 Å². The van der Waals surface area contributed by atoms with E-state index in [2.05, 4.69) is 5.32 Å². The Hall–Kier alpha value is -3.39. The molecule has 0 aliphatic rings. The molecule has 9 heteroatoms. The molecule has 0 saturated carbocycles. The molecule has 0 unspecified atom stereocenters. The van der Waals surface area contributed by atoms with Crippen molar-refractivity contribution in [2.75, 3.05) is 0 Å². The minimum Gasteiger partial charge on any atom is -0.479 e. The van der Waals surface area contributed by atoms with Gasteiger partial charge in [-0.1, -0.05) is 29.8 Å². The molecule has 1 heterocycles. The van der Waals surface area contributed by atoms with Crippen LogP contribution in [0.1, 0.15) is 21.9 Å². The van der Waals surface area contributed by atoms with E-state index in [-0.39, 0.29) is 35.4 Å². The highest BCUT2D eigenvalue weighted by molar-refractivity contribution is 6.30. The third kappa shape index (κ3) is 4.66. The fourth-order valence-electron chi connectivity index (χ4n) is 2.39. The summed E-state index contributed by atoms with van der Waals surface area (Å²) >= 11 is 5.75. The molecule has 0 saturated heterocycles. The van der Waals surface area contributed by atoms with Crippen molar-refractivity contribution < 1.29 is 23.3 Å². The number of nitro benzene ring substituents is 1. The lowest BCUT2D eigenvalue weighted by molar-refractivity contribution is -0.385. The van der Waals surface area contributed by atoms with E-state index in [1.54, 1.807) is 18.2 Å². The van der Waals surface area contributed by atoms with E-state index in [4.69, 9.17) is 20.8 Å². The Morgan fingerprint density at radius 2 is 2.00 bits per heavy atom. The molecule has 1 amide bonds. The van der Waals surface area contributed by atoms with Gasteiger partial charge >= 0.3 is 5.69 Å². The lowest BCUT2D eigenvalue weighted by Gasteiger charge is -2.06. The minimum atomic E-state index is -0.606. The van der Waals surface area contributed by atoms with Crippen molar-refractivity contribution in [2.45, 2.75) is 13.2 Å². The van der Waals surface area contributed by atoms with Gasteiger partial charge in [-0.3, -0.25) is 14.9 Å². The molecule has 0 aliphatic carbocycles. The number of carbonyl (C=O) groups excluding carboxylic acids is 1. The van der Waals surface area contributed by atoms with Gasteiger partial charge in [-0.05, 0) is 30.3 Å². The van der Waals surface area contributed by atoms with Crippen molar-refractivity contribution in [3.8, 4) is 5.75 Å². The Labute approximate surface area is 163 Å². The van der Waals surface area contributed by atoms with Crippen molar-refractivity contribution in [1.82, 2.24) is 5.32 Å². The number of rotatable bonds is 7. The molecule has 0 bridgehead atoms. The maximum absolute atomic E-state index is 13.6. The first-order chi connectivity index (χ1) is 13.4. The van der Waals surface area contributed by atoms with Gasteiger partial charge in [-0.15, -0.1) is 0 Å². The molecule has 7 nitrogen and oxygen atoms in total. The lowest BCUT2D eigenvalue weighted by Crippen LogP contribution is -2.22. The van der Waals surface area contributed by atoms with Crippen LogP contribution in [-0.2, 0) is 13.2 Å². The molecule has 3 aromatic rings. The summed E-state index contributed by atoms with van der Waals surface area (Å²) in [6.45, 7) is -0.113. The molecule has 0 aliphatic heterocycles. The summed E-state index contributed by atoms with van der Waals surface area (Å²) in [5, 5.41) is 13.8. The number of hydrogen-bond donors (Lipinski definition) is 1. The number of carbonyl (C=O) groups is 1. The standard InChI is InChI=1S/C19H14ClFN2O5/c20-13-5-7-17(16(9-13)23(25)26)27-11-14-6-8-18(28-14)19(24)22-10-12-3-1-2-4-15(12)21/h1-9H,10-11H2,(H,22,24). The number of nitrogens with one attached hydrogen (secondary N) is 1. The monoisotopic (exact) mass is 404 g/mol. The molecule has 0 spiro atoms. The molecular weight excluding hydrogens is 391 g/mol. The van der Waals surface area contributed by atoms with Gasteiger partial charge in [0.15, 0.2) is 11.5 Å². The average molecular weight is 405 g/mol. The number of furan rings is 1. The molecule has 2 aromatic carbocycles. The highest BCUT2D eigenvalue weighted by Gasteiger charge is 2.17. The molecule has 144 valence electrons. The summed E-state index contributed by atoms with van der Waals surface area (Å²) in [7, 11) is 0. The number of benzene rings is 2. The zero-order chi connectivity index (χ0) is 20.1. The number of hydrogen-bond acceptors (Lipinski definition) is 5. The second kappa shape index (κ2) is 8.53. The molecule has 28 heavy (non-hydrogen) atoms. The Bertz CT molecular complexity index is 1020. The highest BCUT2D eigenvalue weighted by atomic mass is 35.5. The molecule has 3 rings (SSSR count). The van der Waals surface area contributed by atoms with Crippen molar-refractivity contribution in [3.63, 3.8) is 0 Å². The average Bonchev–Trinajstić information content (AvgIpc) is 3.15. The lowest BCUT2D eigenvalue weighted by atomic mass is 10.2. The second-order valence-electron chi connectivity index (χ2n) is 5.70. The van der Waals surface area contributed by atoms with E-state index in [0.29, 0.717) is 11.3 Å². The summed E-state index contributed by atoms with van der Waals surface area (Å²) in [6.07, 6.45) is 0. The highest BCUT2D eigenvalue weighted by Crippen LogP contribution is 2.30. The van der Waals surface area contributed by atoms with E-state index in [0.717, 1.165) is 0 Å². The van der Waals surface area contributed by atoms with Gasteiger partial charge in [0, 0.05) is 23.2 Å². The second-order valence-corrected chi connectivity index (χ2v) is 6.13. The largest absolute Gasteiger partial charge is 0.479 e. The molecule has 0 atom stereocenters. The zero-order valence-corrected chi connectivity index (χ0v) is 15.1. The van der Waals surface area contributed by atoms with Gasteiger partial charge in [0.25, 0.3) is 5.91 Å². The van der Waals surface area contributed by atoms with E-state index in [1.807, 2.05) is 0 Å². The van der Waals surface area contributed by atoms with Crippen molar-refractivity contribution >= 4 is 23.2 Å². The first-order valence-corrected chi connectivity index (χ1v) is 8.49. The summed E-state index contributed by atoms with van der Waals surface area (Å²) in [5.74, 6) is -0.606. The van der Waals surface area contributed by atoms with Gasteiger partial charge < -0.3 is 14.5 Å². The Kier molecular flexibility index (Phi) is 5.90. The normalized spacial score (nSPS) is 10.5. The first-order valence-electron chi connectivity index (χ1n) is 8.11. The third-order valence-corrected chi connectivity index (χ3v) is 4.01. The van der Waals surface area contributed by atoms with Gasteiger partial charge in [0.05, 0.1) is 4.92 Å². The number of nitrogens with zero attached hydrogens (tertiary/aromatic N) is 1. The first kappa shape index (κ1) is 19.4. The summed E-state index contributed by atoms with van der Waals surface area (Å²) in [6, 6.07) is 13.1. The number of halogens is 2. The summed E-state index contributed by atoms with van der Waals surface area (Å²) < 4.78 is 24.4. The van der Waals surface area contributed by atoms with Crippen molar-refractivity contribution in [3.05, 3.63) is 92.6 Å². The summed E-state index contributed by atoms with van der Waals surface area (Å²) in [5.41, 5.74) is 0.0721. The van der Waals surface area contributed by atoms with Crippen LogP contribution in [0.15, 0.2) is 59.0 Å². The molecule has 1 aromatic heterocycles. The van der Waals surface area contributed by atoms with Gasteiger partial charge in [-0.25, -0.2) is 4.39 Å². The van der Waals surface area contributed by atoms with E-state index in [9.17, 15) is 19.3 Å². The Morgan fingerprint density at radius 1 is 1.21 bits per heavy atom. The van der Waals surface area contributed by atoms with Crippen LogP contribution in [0.2, 0.25) is 5.02 Å². The molecule has 0 fully saturated rings. The molecular formula is C19H14ClFN2O5. The zero-order valence-electron chi connectivity index (χ0n) is 14.4. The SMILES string of the molecule is O=C(NCc1ccccc1F)c1ccc(COc2ccc(Cl)cc2[N+](=O)[O-])o1. The van der Waals surface area contributed by atoms with Crippen LogP contribution >= 0.6 is 11.6 Å². The van der Waals surface area contributed by atoms with Crippen LogP contribution in [0.3, 0.4) is 0 Å². The maximum Gasteiger partial charge on any atom is 0.312 e. The minimum absolute atomic E-state index is 0.00894. The van der Waals surface area contributed by atoms with Crippen molar-refractivity contribution in [2.24, 2.45) is 0 Å². The van der Waals surface area contributed by atoms with Crippen LogP contribution < -0.4 is 10.1 Å². The van der Waals surface area contributed by atoms with Crippen LogP contribution in [0.4, 0.5) is 10.1 Å². The van der Waals surface area contributed by atoms with Crippen LogP contribution in [0.5, 0.6) is 5.75 Å². The van der Waals surface area contributed by atoms with Crippen LogP contribution in [0.25, 0.3) is 0 Å². The van der Waals surface area contributed by atoms with Crippen molar-refractivity contribution in [1.29, 1.82) is 0 Å². The Balaban J connectivity index is 1.61. The van der Waals surface area contributed by atoms with Crippen LogP contribution in [0, 0.1) is 15.9 Å². The molecule has 1 N–H and O–H groups in total. The number of nitro groups is 1. The van der Waals surface area contributed by atoms with Gasteiger partial charge in [0.2, 0.25) is 0 Å². The maximum atomic E-state index is 13.6. The molecule has 0 radical (unpaired) electrons. The smallest absolute Gasteiger partial charge is 0.312 e. The number of ether oxygens (including phenoxy) is 1. The van der Waals surface area contributed by atoms with E-state index >= 15 is 0 Å². The predicted octanol–water partition coefficient (Wildman–Crippen LogP) is 4.49. The quantitative estimate of drug-likeness (QED) is 0.462.